The summed E-state index contributed by atoms with van der Waals surface area (Å²) >= 11 is 7.54. The number of rotatable bonds is 1. The quantitative estimate of drug-likeness (QED) is 0.682. The molecule has 2 rings (SSSR count). The molecular formula is C8H8ClN3S. The molecule has 0 radical (unpaired) electrons. The molecular weight excluding hydrogens is 206 g/mol. The van der Waals surface area contributed by atoms with E-state index in [1.165, 1.54) is 0 Å². The van der Waals surface area contributed by atoms with Crippen molar-refractivity contribution in [2.75, 3.05) is 19.0 Å². The van der Waals surface area contributed by atoms with Crippen LogP contribution in [0.25, 0.3) is 10.2 Å². The van der Waals surface area contributed by atoms with Gasteiger partial charge in [-0.3, -0.25) is 0 Å². The Morgan fingerprint density at radius 1 is 1.38 bits per heavy atom. The van der Waals surface area contributed by atoms with E-state index in [-0.39, 0.29) is 0 Å². The van der Waals surface area contributed by atoms with E-state index in [0.29, 0.717) is 11.1 Å². The highest BCUT2D eigenvalue weighted by molar-refractivity contribution is 7.17. The molecule has 68 valence electrons. The smallest absolute Gasteiger partial charge is 0.226 e. The van der Waals surface area contributed by atoms with Gasteiger partial charge < -0.3 is 4.90 Å². The summed E-state index contributed by atoms with van der Waals surface area (Å²) in [7, 11) is 3.79. The summed E-state index contributed by atoms with van der Waals surface area (Å²) in [4.78, 5) is 10.3. The third-order valence-corrected chi connectivity index (χ3v) is 2.95. The number of fused-ring (bicyclic) bond motifs is 1. The van der Waals surface area contributed by atoms with E-state index in [9.17, 15) is 0 Å². The number of anilines is 1. The molecule has 0 unspecified atom stereocenters. The predicted molar refractivity (Wildman–Crippen MR) is 56.8 cm³/mol. The van der Waals surface area contributed by atoms with Crippen LogP contribution in [0.1, 0.15) is 0 Å². The van der Waals surface area contributed by atoms with Gasteiger partial charge >= 0.3 is 0 Å². The molecule has 2 aromatic heterocycles. The second-order valence-electron chi connectivity index (χ2n) is 2.84. The monoisotopic (exact) mass is 213 g/mol. The molecule has 13 heavy (non-hydrogen) atoms. The summed E-state index contributed by atoms with van der Waals surface area (Å²) < 4.78 is 0.951. The highest BCUT2D eigenvalue weighted by Crippen LogP contribution is 2.27. The Bertz CT molecular complexity index is 438. The highest BCUT2D eigenvalue weighted by Gasteiger charge is 2.07. The SMILES string of the molecule is CN(C)c1nc(Cl)c2sccc2n1. The number of halogens is 1. The fourth-order valence-electron chi connectivity index (χ4n) is 1.02. The molecule has 2 aromatic rings. The number of aromatic nitrogens is 2. The molecule has 5 heteroatoms. The zero-order valence-electron chi connectivity index (χ0n) is 7.28. The molecule has 0 saturated heterocycles. The minimum atomic E-state index is 0.531. The van der Waals surface area contributed by atoms with Crippen molar-refractivity contribution >= 4 is 39.1 Å². The number of hydrogen-bond donors (Lipinski definition) is 0. The summed E-state index contributed by atoms with van der Waals surface area (Å²) in [5.41, 5.74) is 0.911. The standard InChI is InChI=1S/C8H8ClN3S/c1-12(2)8-10-5-3-4-13-6(5)7(9)11-8/h3-4H,1-2H3. The van der Waals surface area contributed by atoms with E-state index in [0.717, 1.165) is 10.2 Å². The fraction of sp³-hybridized carbons (Fsp3) is 0.250. The minimum absolute atomic E-state index is 0.531. The van der Waals surface area contributed by atoms with E-state index in [1.807, 2.05) is 30.4 Å². The van der Waals surface area contributed by atoms with Crippen molar-refractivity contribution in [3.63, 3.8) is 0 Å². The Morgan fingerprint density at radius 3 is 2.85 bits per heavy atom. The average molecular weight is 214 g/mol. The normalized spacial score (nSPS) is 10.7. The van der Waals surface area contributed by atoms with E-state index < -0.39 is 0 Å². The van der Waals surface area contributed by atoms with Crippen LogP contribution in [-0.2, 0) is 0 Å². The molecule has 0 aliphatic rings. The van der Waals surface area contributed by atoms with Gasteiger partial charge in [-0.25, -0.2) is 4.98 Å². The van der Waals surface area contributed by atoms with Crippen molar-refractivity contribution in [1.82, 2.24) is 9.97 Å². The van der Waals surface area contributed by atoms with E-state index in [2.05, 4.69) is 9.97 Å². The fourth-order valence-corrected chi connectivity index (χ4v) is 2.03. The maximum atomic E-state index is 5.98. The Hall–Kier alpha value is -0.870. The Labute approximate surface area is 85.0 Å². The van der Waals surface area contributed by atoms with Crippen LogP contribution in [0.2, 0.25) is 5.15 Å². The molecule has 0 aliphatic heterocycles. The Balaban J connectivity index is 2.70. The van der Waals surface area contributed by atoms with Gasteiger partial charge in [-0.05, 0) is 11.4 Å². The summed E-state index contributed by atoms with van der Waals surface area (Å²) in [6.07, 6.45) is 0. The van der Waals surface area contributed by atoms with Gasteiger partial charge in [0.2, 0.25) is 5.95 Å². The first-order chi connectivity index (χ1) is 6.18. The van der Waals surface area contributed by atoms with Crippen LogP contribution in [0, 0.1) is 0 Å². The summed E-state index contributed by atoms with van der Waals surface area (Å²) in [5, 5.41) is 2.49. The van der Waals surface area contributed by atoms with E-state index in [4.69, 9.17) is 11.6 Å². The molecule has 0 amide bonds. The van der Waals surface area contributed by atoms with Crippen molar-refractivity contribution < 1.29 is 0 Å². The first kappa shape index (κ1) is 8.72. The zero-order chi connectivity index (χ0) is 9.42. The molecule has 3 nitrogen and oxygen atoms in total. The molecule has 0 aliphatic carbocycles. The lowest BCUT2D eigenvalue weighted by Crippen LogP contribution is -2.12. The summed E-state index contributed by atoms with van der Waals surface area (Å²) in [5.74, 6) is 0.649. The van der Waals surface area contributed by atoms with Gasteiger partial charge in [0.05, 0.1) is 10.2 Å². The van der Waals surface area contributed by atoms with Crippen LogP contribution in [0.5, 0.6) is 0 Å². The Kier molecular flexibility index (Phi) is 2.09. The van der Waals surface area contributed by atoms with E-state index in [1.54, 1.807) is 11.3 Å². The number of hydrogen-bond acceptors (Lipinski definition) is 4. The van der Waals surface area contributed by atoms with Gasteiger partial charge in [-0.2, -0.15) is 4.98 Å². The third-order valence-electron chi connectivity index (χ3n) is 1.65. The molecule has 0 spiro atoms. The van der Waals surface area contributed by atoms with Crippen molar-refractivity contribution in [3.05, 3.63) is 16.6 Å². The summed E-state index contributed by atoms with van der Waals surface area (Å²) in [6.45, 7) is 0. The van der Waals surface area contributed by atoms with Crippen LogP contribution in [0.15, 0.2) is 11.4 Å². The van der Waals surface area contributed by atoms with Crippen molar-refractivity contribution in [3.8, 4) is 0 Å². The van der Waals surface area contributed by atoms with Crippen LogP contribution < -0.4 is 4.90 Å². The predicted octanol–water partition coefficient (Wildman–Crippen LogP) is 2.41. The number of thiophene rings is 1. The maximum absolute atomic E-state index is 5.98. The molecule has 0 bridgehead atoms. The van der Waals surface area contributed by atoms with E-state index >= 15 is 0 Å². The molecule has 2 heterocycles. The zero-order valence-corrected chi connectivity index (χ0v) is 8.85. The van der Waals surface area contributed by atoms with Crippen LogP contribution in [0.4, 0.5) is 5.95 Å². The second-order valence-corrected chi connectivity index (χ2v) is 4.12. The van der Waals surface area contributed by atoms with Gasteiger partial charge in [0.15, 0.2) is 5.15 Å². The molecule has 0 saturated carbocycles. The molecule has 0 atom stereocenters. The lowest BCUT2D eigenvalue weighted by molar-refractivity contribution is 1.02. The van der Waals surface area contributed by atoms with Gasteiger partial charge in [0, 0.05) is 14.1 Å². The first-order valence-corrected chi connectivity index (χ1v) is 5.02. The molecule has 0 aromatic carbocycles. The van der Waals surface area contributed by atoms with Crippen molar-refractivity contribution in [2.45, 2.75) is 0 Å². The van der Waals surface area contributed by atoms with Crippen LogP contribution in [0.3, 0.4) is 0 Å². The topological polar surface area (TPSA) is 29.0 Å². The lowest BCUT2D eigenvalue weighted by Gasteiger charge is -2.09. The minimum Gasteiger partial charge on any atom is -0.347 e. The largest absolute Gasteiger partial charge is 0.347 e. The summed E-state index contributed by atoms with van der Waals surface area (Å²) in [6, 6.07) is 1.94. The highest BCUT2D eigenvalue weighted by atomic mass is 35.5. The van der Waals surface area contributed by atoms with Crippen molar-refractivity contribution in [2.24, 2.45) is 0 Å². The maximum Gasteiger partial charge on any atom is 0.226 e. The average Bonchev–Trinajstić information content (AvgIpc) is 2.51. The van der Waals surface area contributed by atoms with Crippen LogP contribution in [-0.4, -0.2) is 24.1 Å². The molecule has 0 N–H and O–H groups in total. The second kappa shape index (κ2) is 3.12. The van der Waals surface area contributed by atoms with Crippen molar-refractivity contribution in [1.29, 1.82) is 0 Å². The number of nitrogens with zero attached hydrogens (tertiary/aromatic N) is 3. The Morgan fingerprint density at radius 2 is 2.15 bits per heavy atom. The third kappa shape index (κ3) is 1.47. The van der Waals surface area contributed by atoms with Crippen LogP contribution >= 0.6 is 22.9 Å². The molecule has 0 fully saturated rings. The van der Waals surface area contributed by atoms with Gasteiger partial charge in [0.1, 0.15) is 0 Å². The van der Waals surface area contributed by atoms with Gasteiger partial charge in [-0.15, -0.1) is 11.3 Å². The van der Waals surface area contributed by atoms with Gasteiger partial charge in [0.25, 0.3) is 0 Å². The van der Waals surface area contributed by atoms with Gasteiger partial charge in [-0.1, -0.05) is 11.6 Å². The first-order valence-electron chi connectivity index (χ1n) is 3.76. The lowest BCUT2D eigenvalue weighted by atomic mass is 10.5.